The molecular weight excluding hydrogens is 308 g/mol. The predicted octanol–water partition coefficient (Wildman–Crippen LogP) is 3.85. The van der Waals surface area contributed by atoms with Gasteiger partial charge in [0.25, 0.3) is 10.0 Å². The van der Waals surface area contributed by atoms with Crippen molar-refractivity contribution in [3.05, 3.63) is 53.1 Å². The second-order valence-corrected chi connectivity index (χ2v) is 7.80. The molecule has 4 nitrogen and oxygen atoms in total. The molecule has 0 fully saturated rings. The number of rotatable bonds is 3. The lowest BCUT2D eigenvalue weighted by atomic mass is 9.92. The van der Waals surface area contributed by atoms with Crippen molar-refractivity contribution in [2.45, 2.75) is 50.3 Å². The largest absolute Gasteiger partial charge is 0.276 e. The summed E-state index contributed by atoms with van der Waals surface area (Å²) in [7, 11) is -3.61. The van der Waals surface area contributed by atoms with Crippen LogP contribution in [0.4, 0.5) is 0 Å². The summed E-state index contributed by atoms with van der Waals surface area (Å²) in [6, 6.07) is 6.79. The molecule has 1 aromatic rings. The number of hydrogen-bond acceptors (Lipinski definition) is 3. The van der Waals surface area contributed by atoms with Crippen molar-refractivity contribution in [2.24, 2.45) is 5.10 Å². The monoisotopic (exact) mass is 330 g/mol. The standard InChI is InChI=1S/C18H22N2O2S/c1-14-10-12-16(13-11-14)23(21,22)20-19-18-9-5-7-15-6-3-2-4-8-17(15)18/h5,7,10-13,20H,2-4,6,8-9H2,1H3. The summed E-state index contributed by atoms with van der Waals surface area (Å²) in [6.07, 6.45) is 10.6. The number of allylic oxidation sites excluding steroid dienone is 4. The molecule has 0 spiro atoms. The zero-order valence-corrected chi connectivity index (χ0v) is 14.2. The van der Waals surface area contributed by atoms with Gasteiger partial charge < -0.3 is 0 Å². The van der Waals surface area contributed by atoms with Gasteiger partial charge in [0.1, 0.15) is 0 Å². The molecule has 0 aliphatic heterocycles. The molecule has 0 saturated carbocycles. The van der Waals surface area contributed by atoms with E-state index in [9.17, 15) is 8.42 Å². The Bertz CT molecular complexity index is 772. The lowest BCUT2D eigenvalue weighted by Gasteiger charge is -2.16. The Morgan fingerprint density at radius 3 is 2.57 bits per heavy atom. The van der Waals surface area contributed by atoms with Crippen LogP contribution in [-0.2, 0) is 10.0 Å². The third kappa shape index (κ3) is 3.72. The Morgan fingerprint density at radius 1 is 1.04 bits per heavy atom. The minimum Gasteiger partial charge on any atom is -0.200 e. The van der Waals surface area contributed by atoms with Gasteiger partial charge in [-0.1, -0.05) is 36.3 Å². The molecule has 0 radical (unpaired) electrons. The third-order valence-electron chi connectivity index (χ3n) is 4.37. The van der Waals surface area contributed by atoms with Gasteiger partial charge in [0.15, 0.2) is 0 Å². The lowest BCUT2D eigenvalue weighted by molar-refractivity contribution is 0.584. The Balaban J connectivity index is 1.83. The molecule has 5 heteroatoms. The van der Waals surface area contributed by atoms with Crippen LogP contribution < -0.4 is 4.83 Å². The van der Waals surface area contributed by atoms with E-state index in [2.05, 4.69) is 22.1 Å². The van der Waals surface area contributed by atoms with Crippen molar-refractivity contribution >= 4 is 15.7 Å². The van der Waals surface area contributed by atoms with Crippen LogP contribution in [0.2, 0.25) is 0 Å². The van der Waals surface area contributed by atoms with Crippen molar-refractivity contribution in [1.82, 2.24) is 4.83 Å². The van der Waals surface area contributed by atoms with E-state index in [1.54, 1.807) is 24.3 Å². The van der Waals surface area contributed by atoms with Crippen molar-refractivity contribution in [2.75, 3.05) is 0 Å². The molecule has 122 valence electrons. The smallest absolute Gasteiger partial charge is 0.200 e. The molecular formula is C18H22N2O2S. The quantitative estimate of drug-likeness (QED) is 0.856. The zero-order chi connectivity index (χ0) is 16.3. The number of hydrogen-bond donors (Lipinski definition) is 1. The molecule has 0 unspecified atom stereocenters. The first-order chi connectivity index (χ1) is 11.1. The first-order valence-corrected chi connectivity index (χ1v) is 9.58. The minimum absolute atomic E-state index is 0.244. The molecule has 0 amide bonds. The molecule has 0 heterocycles. The second kappa shape index (κ2) is 6.71. The topological polar surface area (TPSA) is 58.5 Å². The Kier molecular flexibility index (Phi) is 4.66. The molecule has 0 aromatic heterocycles. The first-order valence-electron chi connectivity index (χ1n) is 8.10. The highest BCUT2D eigenvalue weighted by atomic mass is 32.2. The van der Waals surface area contributed by atoms with E-state index < -0.39 is 10.0 Å². The highest BCUT2D eigenvalue weighted by Gasteiger charge is 2.19. The van der Waals surface area contributed by atoms with Crippen molar-refractivity contribution in [3.63, 3.8) is 0 Å². The van der Waals surface area contributed by atoms with Crippen LogP contribution in [-0.4, -0.2) is 14.1 Å². The second-order valence-electron chi connectivity index (χ2n) is 6.14. The number of benzene rings is 1. The van der Waals surface area contributed by atoms with Gasteiger partial charge in [-0.25, -0.2) is 0 Å². The normalized spacial score (nSPS) is 20.3. The SMILES string of the molecule is Cc1ccc(S(=O)(=O)NN=C2CC=CC3=C2CCCCC3)cc1. The van der Waals surface area contributed by atoms with Crippen LogP contribution >= 0.6 is 0 Å². The molecule has 23 heavy (non-hydrogen) atoms. The van der Waals surface area contributed by atoms with Crippen LogP contribution in [0.15, 0.2) is 57.6 Å². The molecule has 1 aromatic carbocycles. The summed E-state index contributed by atoms with van der Waals surface area (Å²) >= 11 is 0. The van der Waals surface area contributed by atoms with Gasteiger partial charge in [-0.05, 0) is 55.9 Å². The predicted molar refractivity (Wildman–Crippen MR) is 92.8 cm³/mol. The number of aryl methyl sites for hydroxylation is 1. The number of nitrogens with zero attached hydrogens (tertiary/aromatic N) is 1. The molecule has 0 atom stereocenters. The van der Waals surface area contributed by atoms with E-state index in [1.165, 1.54) is 24.0 Å². The first kappa shape index (κ1) is 16.0. The molecule has 1 N–H and O–H groups in total. The maximum absolute atomic E-state index is 12.4. The number of hydrazone groups is 1. The zero-order valence-electron chi connectivity index (χ0n) is 13.4. The van der Waals surface area contributed by atoms with Crippen LogP contribution in [0, 0.1) is 6.92 Å². The van der Waals surface area contributed by atoms with Crippen LogP contribution in [0.25, 0.3) is 0 Å². The summed E-state index contributed by atoms with van der Waals surface area (Å²) in [5, 5.41) is 4.25. The maximum atomic E-state index is 12.4. The summed E-state index contributed by atoms with van der Waals surface area (Å²) in [5.74, 6) is 0. The Hall–Kier alpha value is -1.88. The molecule has 2 aliphatic rings. The van der Waals surface area contributed by atoms with Crippen molar-refractivity contribution in [3.8, 4) is 0 Å². The Labute approximate surface area is 138 Å². The highest BCUT2D eigenvalue weighted by molar-refractivity contribution is 7.89. The Morgan fingerprint density at radius 2 is 1.78 bits per heavy atom. The van der Waals surface area contributed by atoms with E-state index >= 15 is 0 Å². The van der Waals surface area contributed by atoms with Gasteiger partial charge in [0, 0.05) is 6.42 Å². The fraction of sp³-hybridized carbons (Fsp3) is 0.389. The molecule has 0 bridgehead atoms. The number of sulfonamides is 1. The third-order valence-corrected chi connectivity index (χ3v) is 5.60. The highest BCUT2D eigenvalue weighted by Crippen LogP contribution is 2.29. The number of nitrogens with one attached hydrogen (secondary N) is 1. The summed E-state index contributed by atoms with van der Waals surface area (Å²) in [5.41, 5.74) is 4.44. The minimum atomic E-state index is -3.61. The summed E-state index contributed by atoms with van der Waals surface area (Å²) in [6.45, 7) is 1.93. The summed E-state index contributed by atoms with van der Waals surface area (Å²) in [4.78, 5) is 2.65. The van der Waals surface area contributed by atoms with Crippen LogP contribution in [0.1, 0.15) is 44.1 Å². The van der Waals surface area contributed by atoms with Gasteiger partial charge in [0.05, 0.1) is 10.6 Å². The van der Waals surface area contributed by atoms with Gasteiger partial charge in [0.2, 0.25) is 0 Å². The lowest BCUT2D eigenvalue weighted by Crippen LogP contribution is -2.21. The van der Waals surface area contributed by atoms with Crippen LogP contribution in [0.3, 0.4) is 0 Å². The fourth-order valence-electron chi connectivity index (χ4n) is 3.05. The van der Waals surface area contributed by atoms with Gasteiger partial charge in [-0.2, -0.15) is 18.4 Å². The van der Waals surface area contributed by atoms with E-state index in [1.807, 2.05) is 6.92 Å². The van der Waals surface area contributed by atoms with E-state index in [-0.39, 0.29) is 4.90 Å². The van der Waals surface area contributed by atoms with Gasteiger partial charge in [-0.3, -0.25) is 0 Å². The fourth-order valence-corrected chi connectivity index (χ4v) is 3.88. The van der Waals surface area contributed by atoms with Gasteiger partial charge in [-0.15, -0.1) is 0 Å². The van der Waals surface area contributed by atoms with Crippen LogP contribution in [0.5, 0.6) is 0 Å². The average molecular weight is 330 g/mol. The van der Waals surface area contributed by atoms with E-state index in [0.717, 1.165) is 30.5 Å². The van der Waals surface area contributed by atoms with Crippen molar-refractivity contribution < 1.29 is 8.42 Å². The molecule has 2 aliphatic carbocycles. The van der Waals surface area contributed by atoms with Gasteiger partial charge >= 0.3 is 0 Å². The summed E-state index contributed by atoms with van der Waals surface area (Å²) < 4.78 is 24.7. The van der Waals surface area contributed by atoms with E-state index in [0.29, 0.717) is 6.42 Å². The van der Waals surface area contributed by atoms with E-state index in [4.69, 9.17) is 0 Å². The average Bonchev–Trinajstić information content (AvgIpc) is 2.79. The molecule has 3 rings (SSSR count). The van der Waals surface area contributed by atoms with Crippen molar-refractivity contribution in [1.29, 1.82) is 0 Å². The molecule has 0 saturated heterocycles. The maximum Gasteiger partial charge on any atom is 0.276 e.